The maximum Gasteiger partial charge on any atom is 0.254 e. The summed E-state index contributed by atoms with van der Waals surface area (Å²) in [6, 6.07) is 11.8. The Labute approximate surface area is 230 Å². The van der Waals surface area contributed by atoms with E-state index in [4.69, 9.17) is 9.40 Å². The highest BCUT2D eigenvalue weighted by Gasteiger charge is 2.31. The molecular formula is C30H29N7O3. The molecule has 1 fully saturated rings. The third-order valence-electron chi connectivity index (χ3n) is 7.89. The van der Waals surface area contributed by atoms with Gasteiger partial charge in [0.05, 0.1) is 34.9 Å². The second kappa shape index (κ2) is 9.20. The van der Waals surface area contributed by atoms with Gasteiger partial charge in [0, 0.05) is 56.2 Å². The topological polar surface area (TPSA) is 108 Å². The van der Waals surface area contributed by atoms with E-state index in [9.17, 15) is 9.59 Å². The van der Waals surface area contributed by atoms with Gasteiger partial charge in [-0.1, -0.05) is 12.1 Å². The van der Waals surface area contributed by atoms with Crippen LogP contribution >= 0.6 is 0 Å². The number of hydrogen-bond acceptors (Lipinski definition) is 7. The lowest BCUT2D eigenvalue weighted by atomic mass is 9.95. The summed E-state index contributed by atoms with van der Waals surface area (Å²) in [6.45, 7) is 1.77. The summed E-state index contributed by atoms with van der Waals surface area (Å²) in [5.41, 5.74) is 7.87. The fraction of sp³-hybridized carbons (Fsp3) is 0.267. The maximum atomic E-state index is 13.1. The van der Waals surface area contributed by atoms with Crippen molar-refractivity contribution in [1.82, 2.24) is 29.7 Å². The first-order valence-electron chi connectivity index (χ1n) is 13.3. The summed E-state index contributed by atoms with van der Waals surface area (Å²) in [4.78, 5) is 34.1. The number of benzene rings is 1. The maximum absolute atomic E-state index is 13.1. The number of likely N-dealkylation sites (tertiary alicyclic amines) is 1. The highest BCUT2D eigenvalue weighted by Crippen LogP contribution is 2.39. The standard InChI is InChI=1S/C30H29N7O3/c1-35(2)16-24-18(17-12-27(38)36(3)15-17)5-7-26(34-24)33-23-6-4-19(21-13-31-30(39)28(21)23)22-14-32-37-10-8-25-20(29(22)37)9-11-40-25/h4-11,14,17H,12-13,15-16H2,1-3H3,(H,31,39)(H,33,34)/t17-/m1/s1. The normalized spacial score (nSPS) is 16.9. The van der Waals surface area contributed by atoms with Gasteiger partial charge >= 0.3 is 0 Å². The number of anilines is 2. The molecule has 2 amide bonds. The van der Waals surface area contributed by atoms with Crippen molar-refractivity contribution in [2.75, 3.05) is 33.0 Å². The van der Waals surface area contributed by atoms with Crippen molar-refractivity contribution in [2.24, 2.45) is 0 Å². The molecule has 0 radical (unpaired) electrons. The van der Waals surface area contributed by atoms with Crippen LogP contribution in [-0.4, -0.2) is 63.9 Å². The van der Waals surface area contributed by atoms with Crippen molar-refractivity contribution >= 4 is 39.8 Å². The molecule has 1 aromatic carbocycles. The zero-order valence-corrected chi connectivity index (χ0v) is 22.6. The average Bonchev–Trinajstić information content (AvgIpc) is 3.71. The van der Waals surface area contributed by atoms with Gasteiger partial charge in [0.15, 0.2) is 0 Å². The second-order valence-corrected chi connectivity index (χ2v) is 10.8. The molecule has 1 atom stereocenters. The fourth-order valence-corrected chi connectivity index (χ4v) is 6.02. The highest BCUT2D eigenvalue weighted by atomic mass is 16.3. The van der Waals surface area contributed by atoms with Crippen LogP contribution in [0.15, 0.2) is 59.5 Å². The number of rotatable bonds is 6. The monoisotopic (exact) mass is 535 g/mol. The lowest BCUT2D eigenvalue weighted by Crippen LogP contribution is -2.19. The van der Waals surface area contributed by atoms with E-state index >= 15 is 0 Å². The molecule has 0 aliphatic carbocycles. The Balaban J connectivity index is 1.28. The first-order chi connectivity index (χ1) is 19.4. The molecule has 2 aliphatic rings. The third-order valence-corrected chi connectivity index (χ3v) is 7.89. The summed E-state index contributed by atoms with van der Waals surface area (Å²) in [7, 11) is 5.85. The van der Waals surface area contributed by atoms with Gasteiger partial charge in [-0.25, -0.2) is 9.50 Å². The number of pyridine rings is 2. The smallest absolute Gasteiger partial charge is 0.254 e. The molecule has 0 saturated carbocycles. The number of likely N-dealkylation sites (N-methyl/N-ethyl adjacent to an activating group) is 1. The molecule has 0 bridgehead atoms. The third kappa shape index (κ3) is 3.91. The summed E-state index contributed by atoms with van der Waals surface area (Å²) in [5, 5.41) is 11.9. The highest BCUT2D eigenvalue weighted by molar-refractivity contribution is 6.08. The minimum absolute atomic E-state index is 0.121. The van der Waals surface area contributed by atoms with E-state index in [1.54, 1.807) is 11.2 Å². The van der Waals surface area contributed by atoms with Gasteiger partial charge in [-0.05, 0) is 55.1 Å². The van der Waals surface area contributed by atoms with Crippen LogP contribution in [0.25, 0.3) is 27.6 Å². The molecule has 2 N–H and O–H groups in total. The van der Waals surface area contributed by atoms with E-state index in [1.165, 1.54) is 0 Å². The molecule has 0 spiro atoms. The second-order valence-electron chi connectivity index (χ2n) is 10.8. The molecule has 202 valence electrons. The molecule has 6 heterocycles. The minimum Gasteiger partial charge on any atom is -0.464 e. The van der Waals surface area contributed by atoms with E-state index in [1.807, 2.05) is 68.4 Å². The van der Waals surface area contributed by atoms with Gasteiger partial charge in [-0.2, -0.15) is 5.10 Å². The Bertz CT molecular complexity index is 1820. The van der Waals surface area contributed by atoms with Gasteiger partial charge < -0.3 is 24.9 Å². The van der Waals surface area contributed by atoms with Crippen LogP contribution in [-0.2, 0) is 17.9 Å². The molecule has 4 aromatic heterocycles. The molecular weight excluding hydrogens is 506 g/mol. The number of carbonyl (C=O) groups excluding carboxylic acids is 2. The van der Waals surface area contributed by atoms with Crippen LogP contribution in [0.2, 0.25) is 0 Å². The Hall–Kier alpha value is -4.70. The lowest BCUT2D eigenvalue weighted by Gasteiger charge is -2.19. The molecule has 5 aromatic rings. The number of carbonyl (C=O) groups is 2. The summed E-state index contributed by atoms with van der Waals surface area (Å²) >= 11 is 0. The fourth-order valence-electron chi connectivity index (χ4n) is 6.02. The molecule has 1 saturated heterocycles. The van der Waals surface area contributed by atoms with E-state index in [-0.39, 0.29) is 17.7 Å². The van der Waals surface area contributed by atoms with E-state index < -0.39 is 0 Å². The number of fused-ring (bicyclic) bond motifs is 4. The van der Waals surface area contributed by atoms with Gasteiger partial charge in [0.1, 0.15) is 11.4 Å². The van der Waals surface area contributed by atoms with Crippen molar-refractivity contribution in [3.05, 3.63) is 77.4 Å². The number of amides is 2. The largest absolute Gasteiger partial charge is 0.464 e. The zero-order valence-electron chi connectivity index (χ0n) is 22.6. The minimum atomic E-state index is -0.123. The number of nitrogens with zero attached hydrogens (tertiary/aromatic N) is 5. The Morgan fingerprint density at radius 1 is 1.12 bits per heavy atom. The summed E-state index contributed by atoms with van der Waals surface area (Å²) in [6.07, 6.45) is 5.89. The van der Waals surface area contributed by atoms with Crippen LogP contribution in [0.4, 0.5) is 11.5 Å². The first kappa shape index (κ1) is 24.3. The number of furan rings is 1. The Morgan fingerprint density at radius 2 is 2.00 bits per heavy atom. The lowest BCUT2D eigenvalue weighted by molar-refractivity contribution is -0.126. The quantitative estimate of drug-likeness (QED) is 0.337. The van der Waals surface area contributed by atoms with Crippen molar-refractivity contribution in [1.29, 1.82) is 0 Å². The van der Waals surface area contributed by atoms with E-state index in [0.29, 0.717) is 43.1 Å². The summed E-state index contributed by atoms with van der Waals surface area (Å²) in [5.74, 6) is 0.811. The van der Waals surface area contributed by atoms with Crippen LogP contribution in [0.3, 0.4) is 0 Å². The van der Waals surface area contributed by atoms with Gasteiger partial charge in [0.25, 0.3) is 5.91 Å². The Kier molecular flexibility index (Phi) is 5.60. The van der Waals surface area contributed by atoms with Crippen molar-refractivity contribution in [3.8, 4) is 11.1 Å². The molecule has 40 heavy (non-hydrogen) atoms. The predicted octanol–water partition coefficient (Wildman–Crippen LogP) is 4.14. The summed E-state index contributed by atoms with van der Waals surface area (Å²) < 4.78 is 7.46. The Morgan fingerprint density at radius 3 is 2.80 bits per heavy atom. The van der Waals surface area contributed by atoms with Crippen molar-refractivity contribution in [2.45, 2.75) is 25.4 Å². The van der Waals surface area contributed by atoms with Gasteiger partial charge in [-0.3, -0.25) is 9.59 Å². The van der Waals surface area contributed by atoms with Gasteiger partial charge in [0.2, 0.25) is 5.91 Å². The van der Waals surface area contributed by atoms with Crippen molar-refractivity contribution < 1.29 is 14.0 Å². The van der Waals surface area contributed by atoms with E-state index in [0.717, 1.165) is 44.4 Å². The van der Waals surface area contributed by atoms with Crippen LogP contribution in [0.1, 0.15) is 39.5 Å². The van der Waals surface area contributed by atoms with Crippen LogP contribution in [0, 0.1) is 0 Å². The molecule has 0 unspecified atom stereocenters. The SMILES string of the molecule is CN(C)Cc1nc(Nc2ccc(-c3cnn4ccc5occc5c34)c3c2C(=O)NC3)ccc1[C@@H]1CC(=O)N(C)C1. The number of nitrogens with one attached hydrogen (secondary N) is 2. The predicted molar refractivity (Wildman–Crippen MR) is 151 cm³/mol. The van der Waals surface area contributed by atoms with Crippen LogP contribution in [0.5, 0.6) is 0 Å². The molecule has 10 nitrogen and oxygen atoms in total. The van der Waals surface area contributed by atoms with Crippen LogP contribution < -0.4 is 10.6 Å². The average molecular weight is 536 g/mol. The molecule has 10 heteroatoms. The van der Waals surface area contributed by atoms with E-state index in [2.05, 4.69) is 26.7 Å². The number of aromatic nitrogens is 3. The molecule has 7 rings (SSSR count). The zero-order chi connectivity index (χ0) is 27.5. The number of hydrogen-bond donors (Lipinski definition) is 2. The molecule has 2 aliphatic heterocycles. The first-order valence-corrected chi connectivity index (χ1v) is 13.3. The van der Waals surface area contributed by atoms with Gasteiger partial charge in [-0.15, -0.1) is 0 Å². The van der Waals surface area contributed by atoms with Crippen molar-refractivity contribution in [3.63, 3.8) is 0 Å².